The van der Waals surface area contributed by atoms with Crippen molar-refractivity contribution < 1.29 is 27.5 Å². The first-order valence-electron chi connectivity index (χ1n) is 9.97. The van der Waals surface area contributed by atoms with Crippen molar-refractivity contribution in [3.05, 3.63) is 64.3 Å². The number of nitrogens with zero attached hydrogens (tertiary/aromatic N) is 1. The lowest BCUT2D eigenvalue weighted by Crippen LogP contribution is -2.32. The van der Waals surface area contributed by atoms with E-state index in [0.717, 1.165) is 11.3 Å². The first-order valence-corrected chi connectivity index (χ1v) is 13.0. The number of rotatable bonds is 10. The molecular formula is C21H20Cl2N4O6S2. The summed E-state index contributed by atoms with van der Waals surface area (Å²) >= 11 is 12.7. The number of hydrogen-bond acceptors (Lipinski definition) is 8. The van der Waals surface area contributed by atoms with E-state index in [-0.39, 0.29) is 34.8 Å². The molecular weight excluding hydrogens is 539 g/mol. The van der Waals surface area contributed by atoms with Crippen molar-refractivity contribution in [1.29, 1.82) is 0 Å². The average molecular weight is 559 g/mol. The standard InChI is InChI=1S/C21H20Cl2N4O6S2/c1-13-19(34-20(25-13)27-35(30,31)15-5-3-2-4-6-15)26-21(29)32-10-9-24-18(28)12-33-17-8-7-14(22)11-16(17)23/h2-8,11H,9-10,12H2,1H3,(H,24,28)(H,25,27)(H,26,29). The molecule has 3 aromatic rings. The fraction of sp³-hybridized carbons (Fsp3) is 0.190. The van der Waals surface area contributed by atoms with E-state index in [9.17, 15) is 18.0 Å². The van der Waals surface area contributed by atoms with Crippen LogP contribution < -0.4 is 20.1 Å². The van der Waals surface area contributed by atoms with E-state index >= 15 is 0 Å². The molecule has 1 aromatic heterocycles. The molecule has 0 bridgehead atoms. The number of carbonyl (C=O) groups is 2. The highest BCUT2D eigenvalue weighted by Crippen LogP contribution is 2.30. The predicted octanol–water partition coefficient (Wildman–Crippen LogP) is 4.30. The van der Waals surface area contributed by atoms with Crippen LogP contribution in [0.2, 0.25) is 10.0 Å². The summed E-state index contributed by atoms with van der Waals surface area (Å²) in [6.45, 7) is 1.27. The van der Waals surface area contributed by atoms with Crippen LogP contribution in [-0.2, 0) is 19.6 Å². The number of halogens is 2. The Labute approximate surface area is 215 Å². The van der Waals surface area contributed by atoms with Gasteiger partial charge in [-0.05, 0) is 37.3 Å². The van der Waals surface area contributed by atoms with Crippen LogP contribution in [0.1, 0.15) is 5.69 Å². The summed E-state index contributed by atoms with van der Waals surface area (Å²) in [6.07, 6.45) is -0.785. The van der Waals surface area contributed by atoms with Crippen molar-refractivity contribution in [3.8, 4) is 5.75 Å². The lowest BCUT2D eigenvalue weighted by molar-refractivity contribution is -0.123. The van der Waals surface area contributed by atoms with Crippen molar-refractivity contribution in [1.82, 2.24) is 10.3 Å². The summed E-state index contributed by atoms with van der Waals surface area (Å²) in [7, 11) is -3.81. The van der Waals surface area contributed by atoms with E-state index < -0.39 is 22.0 Å². The summed E-state index contributed by atoms with van der Waals surface area (Å²) in [5.41, 5.74) is 0.407. The minimum atomic E-state index is -3.81. The fourth-order valence-electron chi connectivity index (χ4n) is 2.58. The monoisotopic (exact) mass is 558 g/mol. The van der Waals surface area contributed by atoms with Gasteiger partial charge in [-0.3, -0.25) is 14.8 Å². The third-order valence-corrected chi connectivity index (χ3v) is 7.20. The number of ether oxygens (including phenoxy) is 2. The first-order chi connectivity index (χ1) is 16.6. The second-order valence-corrected chi connectivity index (χ2v) is 10.4. The summed E-state index contributed by atoms with van der Waals surface area (Å²) in [4.78, 5) is 28.1. The normalized spacial score (nSPS) is 10.9. The second-order valence-electron chi connectivity index (χ2n) is 6.83. The van der Waals surface area contributed by atoms with Gasteiger partial charge in [0.2, 0.25) is 0 Å². The highest BCUT2D eigenvalue weighted by Gasteiger charge is 2.18. The third kappa shape index (κ3) is 7.99. The van der Waals surface area contributed by atoms with Crippen molar-refractivity contribution in [2.75, 3.05) is 29.8 Å². The van der Waals surface area contributed by atoms with E-state index in [1.807, 2.05) is 0 Å². The largest absolute Gasteiger partial charge is 0.482 e. The van der Waals surface area contributed by atoms with E-state index in [1.54, 1.807) is 37.3 Å². The topological polar surface area (TPSA) is 136 Å². The Hall–Kier alpha value is -3.06. The molecule has 14 heteroatoms. The van der Waals surface area contributed by atoms with E-state index in [0.29, 0.717) is 21.5 Å². The molecule has 2 amide bonds. The van der Waals surface area contributed by atoms with Crippen molar-refractivity contribution in [2.45, 2.75) is 11.8 Å². The fourth-order valence-corrected chi connectivity index (χ4v) is 5.15. The summed E-state index contributed by atoms with van der Waals surface area (Å²) in [6, 6.07) is 12.5. The Morgan fingerprint density at radius 1 is 1.11 bits per heavy atom. The molecule has 10 nitrogen and oxygen atoms in total. The predicted molar refractivity (Wildman–Crippen MR) is 134 cm³/mol. The zero-order valence-electron chi connectivity index (χ0n) is 18.2. The number of aromatic nitrogens is 1. The number of hydrogen-bond donors (Lipinski definition) is 3. The van der Waals surface area contributed by atoms with Crippen LogP contribution in [-0.4, -0.2) is 45.2 Å². The van der Waals surface area contributed by atoms with Gasteiger partial charge in [-0.1, -0.05) is 52.7 Å². The van der Waals surface area contributed by atoms with Gasteiger partial charge >= 0.3 is 6.09 Å². The summed E-state index contributed by atoms with van der Waals surface area (Å²) in [5.74, 6) is -0.124. The number of thiazole rings is 1. The molecule has 1 heterocycles. The van der Waals surface area contributed by atoms with E-state index in [1.165, 1.54) is 18.2 Å². The summed E-state index contributed by atoms with van der Waals surface area (Å²) in [5, 5.41) is 6.17. The van der Waals surface area contributed by atoms with Crippen molar-refractivity contribution >= 4 is 66.7 Å². The van der Waals surface area contributed by atoms with Crippen LogP contribution in [0, 0.1) is 6.92 Å². The molecule has 0 saturated carbocycles. The minimum Gasteiger partial charge on any atom is -0.482 e. The van der Waals surface area contributed by atoms with Crippen LogP contribution in [0.25, 0.3) is 0 Å². The van der Waals surface area contributed by atoms with Gasteiger partial charge in [-0.2, -0.15) is 0 Å². The number of anilines is 2. The van der Waals surface area contributed by atoms with Crippen LogP contribution in [0.4, 0.5) is 14.9 Å². The molecule has 0 aliphatic heterocycles. The van der Waals surface area contributed by atoms with Gasteiger partial charge in [0.1, 0.15) is 17.4 Å². The van der Waals surface area contributed by atoms with Gasteiger partial charge in [0, 0.05) is 5.02 Å². The highest BCUT2D eigenvalue weighted by atomic mass is 35.5. The molecule has 0 fully saturated rings. The van der Waals surface area contributed by atoms with Crippen LogP contribution in [0.15, 0.2) is 53.4 Å². The molecule has 0 aliphatic rings. The molecule has 2 aromatic carbocycles. The van der Waals surface area contributed by atoms with E-state index in [2.05, 4.69) is 20.3 Å². The first kappa shape index (κ1) is 26.5. The lowest BCUT2D eigenvalue weighted by Gasteiger charge is -2.09. The molecule has 0 atom stereocenters. The molecule has 0 radical (unpaired) electrons. The zero-order valence-corrected chi connectivity index (χ0v) is 21.4. The van der Waals surface area contributed by atoms with Gasteiger partial charge in [-0.15, -0.1) is 0 Å². The minimum absolute atomic E-state index is 0.0494. The second kappa shape index (κ2) is 12.1. The summed E-state index contributed by atoms with van der Waals surface area (Å²) < 4.78 is 37.6. The van der Waals surface area contributed by atoms with Crippen LogP contribution >= 0.6 is 34.5 Å². The van der Waals surface area contributed by atoms with Gasteiger partial charge < -0.3 is 14.8 Å². The number of carbonyl (C=O) groups excluding carboxylic acids is 2. The maximum atomic E-state index is 12.4. The number of nitrogens with one attached hydrogen (secondary N) is 3. The van der Waals surface area contributed by atoms with E-state index in [4.69, 9.17) is 32.7 Å². The van der Waals surface area contributed by atoms with Crippen molar-refractivity contribution in [2.24, 2.45) is 0 Å². The smallest absolute Gasteiger partial charge is 0.412 e. The molecule has 35 heavy (non-hydrogen) atoms. The zero-order chi connectivity index (χ0) is 25.4. The highest BCUT2D eigenvalue weighted by molar-refractivity contribution is 7.93. The average Bonchev–Trinajstić information content (AvgIpc) is 3.14. The maximum Gasteiger partial charge on any atom is 0.412 e. The van der Waals surface area contributed by atoms with Crippen molar-refractivity contribution in [3.63, 3.8) is 0 Å². The quantitative estimate of drug-likeness (QED) is 0.315. The molecule has 3 rings (SSSR count). The Morgan fingerprint density at radius 3 is 2.57 bits per heavy atom. The number of amides is 2. The third-order valence-electron chi connectivity index (χ3n) is 4.20. The SMILES string of the molecule is Cc1nc(NS(=O)(=O)c2ccccc2)sc1NC(=O)OCCNC(=O)COc1ccc(Cl)cc1Cl. The number of benzene rings is 2. The van der Waals surface area contributed by atoms with Crippen LogP contribution in [0.5, 0.6) is 5.75 Å². The maximum absolute atomic E-state index is 12.4. The molecule has 0 spiro atoms. The van der Waals surface area contributed by atoms with Gasteiger partial charge in [0.25, 0.3) is 15.9 Å². The molecule has 0 saturated heterocycles. The Kier molecular flexibility index (Phi) is 9.15. The Bertz CT molecular complexity index is 1300. The Balaban J connectivity index is 1.40. The molecule has 186 valence electrons. The number of aryl methyl sites for hydroxylation is 1. The van der Waals surface area contributed by atoms with Gasteiger partial charge in [0.05, 0.1) is 22.2 Å². The molecule has 0 unspecified atom stereocenters. The Morgan fingerprint density at radius 2 is 1.86 bits per heavy atom. The molecule has 0 aliphatic carbocycles. The molecule has 3 N–H and O–H groups in total. The number of sulfonamides is 1. The lowest BCUT2D eigenvalue weighted by atomic mass is 10.3. The van der Waals surface area contributed by atoms with Gasteiger partial charge in [0.15, 0.2) is 11.7 Å². The van der Waals surface area contributed by atoms with Crippen LogP contribution in [0.3, 0.4) is 0 Å². The van der Waals surface area contributed by atoms with Gasteiger partial charge in [-0.25, -0.2) is 18.2 Å².